The normalized spacial score (nSPS) is 12.2. The molecule has 0 fully saturated rings. The molecule has 0 saturated carbocycles. The summed E-state index contributed by atoms with van der Waals surface area (Å²) >= 11 is 0. The molecule has 1 aromatic heterocycles. The molecule has 170 valence electrons. The number of hydrogen-bond acceptors (Lipinski definition) is 6. The molecule has 0 spiro atoms. The van der Waals surface area contributed by atoms with Gasteiger partial charge in [0.05, 0.1) is 22.5 Å². The largest absolute Gasteiger partial charge is 0.419 e. The van der Waals surface area contributed by atoms with Crippen molar-refractivity contribution in [2.24, 2.45) is 0 Å². The molecule has 1 unspecified atom stereocenters. The fourth-order valence-corrected chi connectivity index (χ4v) is 3.70. The summed E-state index contributed by atoms with van der Waals surface area (Å²) in [5.74, 6) is -0.688. The molecule has 3 rings (SSSR count). The first kappa shape index (κ1) is 23.2. The maximum Gasteiger partial charge on any atom is 0.419 e. The van der Waals surface area contributed by atoms with E-state index in [4.69, 9.17) is 4.42 Å². The van der Waals surface area contributed by atoms with E-state index in [0.717, 1.165) is 18.7 Å². The average molecular weight is 441 g/mol. The Kier molecular flexibility index (Phi) is 7.77. The Balaban J connectivity index is 1.64. The maximum atomic E-state index is 12.7. The number of fused-ring (bicyclic) bond motifs is 1. The van der Waals surface area contributed by atoms with Crippen molar-refractivity contribution < 1.29 is 14.1 Å². The summed E-state index contributed by atoms with van der Waals surface area (Å²) in [5, 5.41) is 14.0. The summed E-state index contributed by atoms with van der Waals surface area (Å²) in [6.45, 7) is 6.97. The third-order valence-electron chi connectivity index (χ3n) is 5.52. The van der Waals surface area contributed by atoms with Crippen molar-refractivity contribution in [3.05, 3.63) is 74.8 Å². The van der Waals surface area contributed by atoms with Crippen molar-refractivity contribution in [1.29, 1.82) is 0 Å². The zero-order chi connectivity index (χ0) is 23.1. The topological polar surface area (TPSA) is 111 Å². The molecule has 1 atom stereocenters. The van der Waals surface area contributed by atoms with Crippen molar-refractivity contribution in [3.8, 4) is 0 Å². The van der Waals surface area contributed by atoms with Gasteiger partial charge in [-0.1, -0.05) is 44.2 Å². The molecule has 9 nitrogen and oxygen atoms in total. The van der Waals surface area contributed by atoms with E-state index in [2.05, 4.69) is 24.1 Å². The fourth-order valence-electron chi connectivity index (χ4n) is 3.70. The number of benzene rings is 2. The molecule has 0 aliphatic rings. The molecule has 3 aromatic rings. The lowest BCUT2D eigenvalue weighted by molar-refractivity contribution is -0.384. The van der Waals surface area contributed by atoms with Gasteiger partial charge in [-0.25, -0.2) is 4.79 Å². The van der Waals surface area contributed by atoms with Crippen LogP contribution in [0.25, 0.3) is 11.1 Å². The minimum absolute atomic E-state index is 0.0949. The molecule has 1 N–H and O–H groups in total. The van der Waals surface area contributed by atoms with Gasteiger partial charge in [-0.05, 0) is 31.1 Å². The van der Waals surface area contributed by atoms with Gasteiger partial charge < -0.3 is 14.6 Å². The first-order valence-electron chi connectivity index (χ1n) is 10.8. The predicted octanol–water partition coefficient (Wildman–Crippen LogP) is 3.48. The van der Waals surface area contributed by atoms with Crippen molar-refractivity contribution in [3.63, 3.8) is 0 Å². The lowest BCUT2D eigenvalue weighted by Gasteiger charge is -2.26. The van der Waals surface area contributed by atoms with Crippen LogP contribution in [0.15, 0.2) is 57.7 Å². The number of likely N-dealkylation sites (N-methyl/N-ethyl adjacent to an activating group) is 1. The van der Waals surface area contributed by atoms with Crippen molar-refractivity contribution in [1.82, 2.24) is 14.8 Å². The smallest absolute Gasteiger partial charge is 0.407 e. The number of amides is 1. The highest BCUT2D eigenvalue weighted by molar-refractivity contribution is 5.77. The van der Waals surface area contributed by atoms with Gasteiger partial charge in [-0.3, -0.25) is 19.5 Å². The second-order valence-electron chi connectivity index (χ2n) is 7.55. The van der Waals surface area contributed by atoms with Crippen molar-refractivity contribution in [2.75, 3.05) is 19.6 Å². The number of aromatic nitrogens is 1. The summed E-state index contributed by atoms with van der Waals surface area (Å²) in [5.41, 5.74) is 1.55. The number of hydrogen-bond donors (Lipinski definition) is 1. The van der Waals surface area contributed by atoms with Gasteiger partial charge >= 0.3 is 5.76 Å². The predicted molar refractivity (Wildman–Crippen MR) is 121 cm³/mol. The molecule has 0 aliphatic heterocycles. The van der Waals surface area contributed by atoms with Gasteiger partial charge in [0.1, 0.15) is 0 Å². The quantitative estimate of drug-likeness (QED) is 0.361. The standard InChI is InChI=1S/C23H28N4O5/c1-3-25(4-2)16-19(17-9-6-5-7-10-17)24-22(28)11-8-14-26-20-13-12-18(27(30)31)15-21(20)32-23(26)29/h5-7,9-10,12-13,15,19H,3-4,8,11,14,16H2,1-2H3,(H,24,28). The average Bonchev–Trinajstić information content (AvgIpc) is 3.11. The summed E-state index contributed by atoms with van der Waals surface area (Å²) < 4.78 is 6.53. The van der Waals surface area contributed by atoms with Gasteiger partial charge in [-0.2, -0.15) is 0 Å². The van der Waals surface area contributed by atoms with E-state index < -0.39 is 10.7 Å². The lowest BCUT2D eigenvalue weighted by Crippen LogP contribution is -2.38. The Bertz CT molecular complexity index is 1120. The fraction of sp³-hybridized carbons (Fsp3) is 0.391. The molecule has 0 aliphatic carbocycles. The summed E-state index contributed by atoms with van der Waals surface area (Å²) in [4.78, 5) is 37.5. The number of carbonyl (C=O) groups excluding carboxylic acids is 1. The van der Waals surface area contributed by atoms with E-state index in [1.807, 2.05) is 30.3 Å². The first-order valence-corrected chi connectivity index (χ1v) is 10.8. The van der Waals surface area contributed by atoms with E-state index in [-0.39, 0.29) is 36.2 Å². The molecule has 9 heteroatoms. The highest BCUT2D eigenvalue weighted by Gasteiger charge is 2.18. The molecule has 0 bridgehead atoms. The van der Waals surface area contributed by atoms with E-state index in [0.29, 0.717) is 18.5 Å². The van der Waals surface area contributed by atoms with E-state index in [1.165, 1.54) is 22.8 Å². The Morgan fingerprint density at radius 3 is 2.56 bits per heavy atom. The first-order chi connectivity index (χ1) is 15.4. The monoisotopic (exact) mass is 440 g/mol. The number of aryl methyl sites for hydroxylation is 1. The molecule has 0 radical (unpaired) electrons. The summed E-state index contributed by atoms with van der Waals surface area (Å²) in [7, 11) is 0. The van der Waals surface area contributed by atoms with Crippen LogP contribution in [0.2, 0.25) is 0 Å². The van der Waals surface area contributed by atoms with Crippen LogP contribution in [0.1, 0.15) is 38.3 Å². The minimum atomic E-state index is -0.593. The highest BCUT2D eigenvalue weighted by Crippen LogP contribution is 2.20. The van der Waals surface area contributed by atoms with Crippen LogP contribution in [0.4, 0.5) is 5.69 Å². The molecule has 32 heavy (non-hydrogen) atoms. The van der Waals surface area contributed by atoms with E-state index in [1.54, 1.807) is 0 Å². The second-order valence-corrected chi connectivity index (χ2v) is 7.55. The van der Waals surface area contributed by atoms with Gasteiger partial charge in [0.25, 0.3) is 5.69 Å². The van der Waals surface area contributed by atoms with Crippen molar-refractivity contribution >= 4 is 22.7 Å². The summed E-state index contributed by atoms with van der Waals surface area (Å²) in [6.07, 6.45) is 0.678. The molecule has 0 saturated heterocycles. The Morgan fingerprint density at radius 2 is 1.91 bits per heavy atom. The zero-order valence-corrected chi connectivity index (χ0v) is 18.3. The Morgan fingerprint density at radius 1 is 1.19 bits per heavy atom. The third kappa shape index (κ3) is 5.61. The van der Waals surface area contributed by atoms with Crippen LogP contribution < -0.4 is 11.1 Å². The number of nitro groups is 1. The zero-order valence-electron chi connectivity index (χ0n) is 18.3. The molecule has 1 amide bonds. The maximum absolute atomic E-state index is 12.7. The van der Waals surface area contributed by atoms with Gasteiger partial charge in [-0.15, -0.1) is 0 Å². The second kappa shape index (κ2) is 10.7. The van der Waals surface area contributed by atoms with Crippen LogP contribution >= 0.6 is 0 Å². The number of rotatable bonds is 11. The van der Waals surface area contributed by atoms with Gasteiger partial charge in [0, 0.05) is 25.6 Å². The molecule has 1 heterocycles. The third-order valence-corrected chi connectivity index (χ3v) is 5.52. The number of nitrogens with one attached hydrogen (secondary N) is 1. The van der Waals surface area contributed by atoms with Crippen LogP contribution in [-0.4, -0.2) is 39.9 Å². The van der Waals surface area contributed by atoms with Crippen LogP contribution in [0.5, 0.6) is 0 Å². The summed E-state index contributed by atoms with van der Waals surface area (Å²) in [6, 6.07) is 13.8. The van der Waals surface area contributed by atoms with Crippen molar-refractivity contribution in [2.45, 2.75) is 39.3 Å². The molecule has 2 aromatic carbocycles. The van der Waals surface area contributed by atoms with Crippen LogP contribution in [-0.2, 0) is 11.3 Å². The number of nitrogens with zero attached hydrogens (tertiary/aromatic N) is 3. The Labute approximate surface area is 185 Å². The number of nitro benzene ring substituents is 1. The lowest BCUT2D eigenvalue weighted by atomic mass is 10.1. The molecular formula is C23H28N4O5. The minimum Gasteiger partial charge on any atom is -0.407 e. The number of non-ortho nitro benzene ring substituents is 1. The number of carbonyl (C=O) groups is 1. The van der Waals surface area contributed by atoms with Crippen LogP contribution in [0, 0.1) is 10.1 Å². The van der Waals surface area contributed by atoms with Gasteiger partial charge in [0.2, 0.25) is 5.91 Å². The van der Waals surface area contributed by atoms with Gasteiger partial charge in [0.15, 0.2) is 5.58 Å². The molecular weight excluding hydrogens is 412 g/mol. The van der Waals surface area contributed by atoms with Crippen LogP contribution in [0.3, 0.4) is 0 Å². The highest BCUT2D eigenvalue weighted by atomic mass is 16.6. The SMILES string of the molecule is CCN(CC)CC(NC(=O)CCCn1c(=O)oc2cc([N+](=O)[O-])ccc21)c1ccccc1. The van der Waals surface area contributed by atoms with E-state index in [9.17, 15) is 19.7 Å². The number of oxazole rings is 1. The Hall–Kier alpha value is -3.46. The van der Waals surface area contributed by atoms with E-state index >= 15 is 0 Å².